The summed E-state index contributed by atoms with van der Waals surface area (Å²) in [6, 6.07) is 0. The molecular weight excluding hydrogens is 144 g/mol. The first-order valence-electron chi connectivity index (χ1n) is 2.97. The van der Waals surface area contributed by atoms with Crippen LogP contribution in [0.2, 0.25) is 0 Å². The van der Waals surface area contributed by atoms with Gasteiger partial charge in [0.15, 0.2) is 0 Å². The molecule has 11 heavy (non-hydrogen) atoms. The van der Waals surface area contributed by atoms with Gasteiger partial charge in [0, 0.05) is 13.1 Å². The maximum absolute atomic E-state index is 10.3. The van der Waals surface area contributed by atoms with E-state index in [0.29, 0.717) is 5.57 Å². The van der Waals surface area contributed by atoms with Crippen LogP contribution < -0.4 is 5.32 Å². The lowest BCUT2D eigenvalue weighted by atomic mass is 10.3. The zero-order chi connectivity index (χ0) is 8.69. The molecule has 0 aromatic carbocycles. The van der Waals surface area contributed by atoms with Gasteiger partial charge in [-0.2, -0.15) is 0 Å². The lowest BCUT2D eigenvalue weighted by molar-refractivity contribution is -0.118. The van der Waals surface area contributed by atoms with Crippen LogP contribution in [0.15, 0.2) is 29.6 Å². The molecule has 0 unspecified atom stereocenters. The van der Waals surface area contributed by atoms with Crippen molar-refractivity contribution in [3.05, 3.63) is 24.4 Å². The van der Waals surface area contributed by atoms with Gasteiger partial charge in [0.1, 0.15) is 0 Å². The van der Waals surface area contributed by atoms with Crippen molar-refractivity contribution >= 4 is 12.1 Å². The van der Waals surface area contributed by atoms with E-state index in [2.05, 4.69) is 17.1 Å². The fourth-order valence-electron chi connectivity index (χ4n) is 0.383. The third kappa shape index (κ3) is 6.30. The van der Waals surface area contributed by atoms with E-state index in [9.17, 15) is 4.79 Å². The van der Waals surface area contributed by atoms with Crippen LogP contribution in [0.3, 0.4) is 0 Å². The van der Waals surface area contributed by atoms with Gasteiger partial charge in [0.05, 0.1) is 6.21 Å². The van der Waals surface area contributed by atoms with Gasteiger partial charge in [-0.05, 0) is 11.6 Å². The first kappa shape index (κ1) is 9.42. The van der Waals surface area contributed by atoms with Crippen LogP contribution in [0.5, 0.6) is 0 Å². The van der Waals surface area contributed by atoms with Crippen molar-refractivity contribution in [1.29, 1.82) is 0 Å². The normalized spacial score (nSPS) is 10.6. The number of nitrogens with one attached hydrogen (secondary N) is 1. The molecule has 0 saturated carbocycles. The highest BCUT2D eigenvalue weighted by Gasteiger charge is 1.83. The molecule has 4 nitrogen and oxygen atoms in total. The maximum Gasteiger partial charge on any atom is 0.220 e. The molecule has 0 rings (SSSR count). The Labute approximate surface area is 64.9 Å². The van der Waals surface area contributed by atoms with E-state index in [1.54, 1.807) is 0 Å². The highest BCUT2D eigenvalue weighted by Crippen LogP contribution is 1.85. The Morgan fingerprint density at radius 3 is 2.82 bits per heavy atom. The summed E-state index contributed by atoms with van der Waals surface area (Å²) in [5.74, 6) is -0.157. The lowest BCUT2D eigenvalue weighted by Crippen LogP contribution is -2.11. The average Bonchev–Trinajstić information content (AvgIpc) is 1.87. The fourth-order valence-corrected chi connectivity index (χ4v) is 0.383. The summed E-state index contributed by atoms with van der Waals surface area (Å²) in [4.78, 5) is 10.3. The molecule has 2 N–H and O–H groups in total. The number of hydrogen-bond donors (Lipinski definition) is 2. The van der Waals surface area contributed by atoms with E-state index < -0.39 is 0 Å². The first-order chi connectivity index (χ1) is 5.16. The Bertz CT molecular complexity index is 206. The van der Waals surface area contributed by atoms with E-state index in [4.69, 9.17) is 5.21 Å². The van der Waals surface area contributed by atoms with E-state index in [1.165, 1.54) is 19.2 Å². The Kier molecular flexibility index (Phi) is 4.47. The summed E-state index contributed by atoms with van der Waals surface area (Å²) in [5.41, 5.74) is 0.501. The van der Waals surface area contributed by atoms with Crippen molar-refractivity contribution < 1.29 is 10.0 Å². The van der Waals surface area contributed by atoms with Crippen molar-refractivity contribution in [2.45, 2.75) is 6.92 Å². The molecule has 0 fully saturated rings. The predicted molar refractivity (Wildman–Crippen MR) is 42.4 cm³/mol. The number of rotatable bonds is 3. The number of amides is 1. The van der Waals surface area contributed by atoms with E-state index in [0.717, 1.165) is 6.21 Å². The van der Waals surface area contributed by atoms with Crippen LogP contribution >= 0.6 is 0 Å². The molecular formula is C7H10N2O2. The Hall–Kier alpha value is -1.58. The highest BCUT2D eigenvalue weighted by atomic mass is 16.4. The zero-order valence-electron chi connectivity index (χ0n) is 6.24. The summed E-state index contributed by atoms with van der Waals surface area (Å²) in [6.07, 6.45) is 4.10. The van der Waals surface area contributed by atoms with Gasteiger partial charge in [0.25, 0.3) is 0 Å². The second-order valence-corrected chi connectivity index (χ2v) is 1.85. The van der Waals surface area contributed by atoms with Crippen LogP contribution in [-0.4, -0.2) is 17.3 Å². The zero-order valence-corrected chi connectivity index (χ0v) is 6.24. The Balaban J connectivity index is 3.74. The van der Waals surface area contributed by atoms with Crippen molar-refractivity contribution in [2.24, 2.45) is 5.16 Å². The molecule has 0 aromatic heterocycles. The molecule has 4 heteroatoms. The number of hydrogen-bond acceptors (Lipinski definition) is 3. The summed E-state index contributed by atoms with van der Waals surface area (Å²) >= 11 is 0. The number of carbonyl (C=O) groups excluding carboxylic acids is 1. The minimum Gasteiger partial charge on any atom is -0.411 e. The van der Waals surface area contributed by atoms with Crippen molar-refractivity contribution in [3.8, 4) is 0 Å². The van der Waals surface area contributed by atoms with Crippen molar-refractivity contribution in [3.63, 3.8) is 0 Å². The summed E-state index contributed by atoms with van der Waals surface area (Å²) in [7, 11) is 0. The van der Waals surface area contributed by atoms with Gasteiger partial charge in [-0.25, -0.2) is 0 Å². The molecule has 0 spiro atoms. The topological polar surface area (TPSA) is 61.7 Å². The molecule has 0 aliphatic rings. The van der Waals surface area contributed by atoms with Gasteiger partial charge in [0.2, 0.25) is 5.91 Å². The smallest absolute Gasteiger partial charge is 0.220 e. The van der Waals surface area contributed by atoms with Crippen LogP contribution in [-0.2, 0) is 4.79 Å². The van der Waals surface area contributed by atoms with Gasteiger partial charge >= 0.3 is 0 Å². The number of nitrogens with zero attached hydrogens (tertiary/aromatic N) is 1. The van der Waals surface area contributed by atoms with Crippen LogP contribution in [0.1, 0.15) is 6.92 Å². The summed E-state index contributed by atoms with van der Waals surface area (Å²) in [5, 5.41) is 13.2. The van der Waals surface area contributed by atoms with Crippen LogP contribution in [0.25, 0.3) is 0 Å². The molecule has 1 amide bonds. The molecule has 0 aliphatic carbocycles. The third-order valence-corrected chi connectivity index (χ3v) is 0.808. The number of oxime groups is 1. The summed E-state index contributed by atoms with van der Waals surface area (Å²) in [6.45, 7) is 4.89. The number of carbonyl (C=O) groups is 1. The van der Waals surface area contributed by atoms with Gasteiger partial charge in [-0.3, -0.25) is 4.79 Å². The molecule has 60 valence electrons. The van der Waals surface area contributed by atoms with Crippen LogP contribution in [0.4, 0.5) is 0 Å². The molecule has 0 aromatic rings. The Morgan fingerprint density at radius 2 is 2.36 bits per heavy atom. The Morgan fingerprint density at radius 1 is 1.73 bits per heavy atom. The minimum absolute atomic E-state index is 0.157. The molecule has 0 atom stereocenters. The molecule has 0 radical (unpaired) electrons. The van der Waals surface area contributed by atoms with Gasteiger partial charge in [-0.15, -0.1) is 0 Å². The second-order valence-electron chi connectivity index (χ2n) is 1.85. The van der Waals surface area contributed by atoms with Gasteiger partial charge in [-0.1, -0.05) is 11.7 Å². The largest absolute Gasteiger partial charge is 0.411 e. The van der Waals surface area contributed by atoms with Crippen molar-refractivity contribution in [1.82, 2.24) is 5.32 Å². The van der Waals surface area contributed by atoms with Crippen molar-refractivity contribution in [2.75, 3.05) is 0 Å². The fraction of sp³-hybridized carbons (Fsp3) is 0.143. The molecule has 0 heterocycles. The average molecular weight is 154 g/mol. The highest BCUT2D eigenvalue weighted by molar-refractivity contribution is 5.81. The SMILES string of the molecule is C=C(/C=C\NC(C)=O)/C=N/O. The summed E-state index contributed by atoms with van der Waals surface area (Å²) < 4.78 is 0. The standard InChI is InChI=1S/C7H10N2O2/c1-6(5-9-11)3-4-8-7(2)10/h3-5,11H,1H2,2H3,(H,8,10)/b4-3-,9-5+. The van der Waals surface area contributed by atoms with E-state index in [1.807, 2.05) is 0 Å². The van der Waals surface area contributed by atoms with Gasteiger partial charge < -0.3 is 10.5 Å². The van der Waals surface area contributed by atoms with E-state index in [-0.39, 0.29) is 5.91 Å². The second kappa shape index (κ2) is 5.22. The monoisotopic (exact) mass is 154 g/mol. The maximum atomic E-state index is 10.3. The molecule has 0 aliphatic heterocycles. The molecule has 0 saturated heterocycles. The molecule has 0 bridgehead atoms. The quantitative estimate of drug-likeness (QED) is 0.271. The third-order valence-electron chi connectivity index (χ3n) is 0.808. The van der Waals surface area contributed by atoms with Crippen LogP contribution in [0, 0.1) is 0 Å². The van der Waals surface area contributed by atoms with E-state index >= 15 is 0 Å². The first-order valence-corrected chi connectivity index (χ1v) is 2.97. The lowest BCUT2D eigenvalue weighted by Gasteiger charge is -1.89. The predicted octanol–water partition coefficient (Wildman–Crippen LogP) is 0.652. The minimum atomic E-state index is -0.157. The number of allylic oxidation sites excluding steroid dienone is 2.